The molecule has 2 aliphatic carbocycles. The Labute approximate surface area is 213 Å². The van der Waals surface area contributed by atoms with Crippen molar-refractivity contribution in [1.82, 2.24) is 9.22 Å². The van der Waals surface area contributed by atoms with E-state index in [9.17, 15) is 0 Å². The third kappa shape index (κ3) is 4.26. The van der Waals surface area contributed by atoms with Crippen LogP contribution < -0.4 is 5.32 Å². The second-order valence-electron chi connectivity index (χ2n) is 12.2. The predicted octanol–water partition coefficient (Wildman–Crippen LogP) is 9.34. The minimum absolute atomic E-state index is 0.646. The Bertz CT molecular complexity index is 1160. The van der Waals surface area contributed by atoms with E-state index >= 15 is 0 Å². The zero-order chi connectivity index (χ0) is 24.7. The van der Waals surface area contributed by atoms with E-state index in [2.05, 4.69) is 87.6 Å². The number of hydrogen-bond acceptors (Lipinski definition) is 2. The molecule has 5 rings (SSSR count). The van der Waals surface area contributed by atoms with Gasteiger partial charge in [-0.3, -0.25) is 0 Å². The molecule has 1 saturated carbocycles. The Morgan fingerprint density at radius 3 is 2.20 bits per heavy atom. The standard InChI is InChI=1S/C31H45N3Si/c1-21(2)35(22(3)4,23(5)6)34-20-29(25-11-8-7-9-12-25)28-17-18-30(33-31(28)34)32-27-16-15-24-13-10-14-26(24)19-27/h15-23,25H,7-14H2,1-6H3,(H,32,33). The first-order valence-electron chi connectivity index (χ1n) is 14.2. The van der Waals surface area contributed by atoms with Crippen molar-refractivity contribution in [2.24, 2.45) is 0 Å². The fraction of sp³-hybridized carbons (Fsp3) is 0.581. The number of aromatic nitrogens is 2. The molecule has 0 aliphatic heterocycles. The number of rotatable bonds is 7. The van der Waals surface area contributed by atoms with E-state index in [1.165, 1.54) is 79.2 Å². The molecule has 0 radical (unpaired) electrons. The highest BCUT2D eigenvalue weighted by Gasteiger charge is 2.46. The molecule has 188 valence electrons. The average Bonchev–Trinajstić information content (AvgIpc) is 3.44. The summed E-state index contributed by atoms with van der Waals surface area (Å²) in [4.78, 5) is 5.38. The highest BCUT2D eigenvalue weighted by Crippen LogP contribution is 2.46. The van der Waals surface area contributed by atoms with Gasteiger partial charge in [0.15, 0.2) is 8.24 Å². The van der Waals surface area contributed by atoms with Gasteiger partial charge in [0.2, 0.25) is 0 Å². The fourth-order valence-corrected chi connectivity index (χ4v) is 14.4. The number of nitrogens with one attached hydrogen (secondary N) is 1. The van der Waals surface area contributed by atoms with Gasteiger partial charge in [-0.2, -0.15) is 0 Å². The molecule has 2 heterocycles. The molecule has 0 saturated heterocycles. The Kier molecular flexibility index (Phi) is 6.87. The molecule has 1 aromatic carbocycles. The second-order valence-corrected chi connectivity index (χ2v) is 17.9. The van der Waals surface area contributed by atoms with Gasteiger partial charge in [-0.1, -0.05) is 66.9 Å². The molecule has 0 spiro atoms. The minimum Gasteiger partial charge on any atom is -0.358 e. The van der Waals surface area contributed by atoms with Crippen molar-refractivity contribution in [2.75, 3.05) is 5.32 Å². The lowest BCUT2D eigenvalue weighted by Gasteiger charge is -2.44. The quantitative estimate of drug-likeness (QED) is 0.336. The van der Waals surface area contributed by atoms with Gasteiger partial charge in [0.25, 0.3) is 0 Å². The molecule has 35 heavy (non-hydrogen) atoms. The predicted molar refractivity (Wildman–Crippen MR) is 154 cm³/mol. The largest absolute Gasteiger partial charge is 0.358 e. The summed E-state index contributed by atoms with van der Waals surface area (Å²) < 4.78 is 2.75. The molecule has 3 nitrogen and oxygen atoms in total. The zero-order valence-electron chi connectivity index (χ0n) is 22.8. The number of fused-ring (bicyclic) bond motifs is 2. The summed E-state index contributed by atoms with van der Waals surface area (Å²) in [7, 11) is -1.91. The third-order valence-corrected chi connectivity index (χ3v) is 16.0. The van der Waals surface area contributed by atoms with Crippen molar-refractivity contribution in [3.8, 4) is 0 Å². The maximum Gasteiger partial charge on any atom is 0.171 e. The maximum absolute atomic E-state index is 5.38. The van der Waals surface area contributed by atoms with Crippen molar-refractivity contribution in [2.45, 2.75) is 115 Å². The van der Waals surface area contributed by atoms with E-state index in [-0.39, 0.29) is 0 Å². The van der Waals surface area contributed by atoms with Gasteiger partial charge in [0, 0.05) is 17.3 Å². The Balaban J connectivity index is 1.64. The van der Waals surface area contributed by atoms with Gasteiger partial charge < -0.3 is 9.55 Å². The molecule has 2 aliphatic rings. The minimum atomic E-state index is -1.91. The Hall–Kier alpha value is -2.07. The Morgan fingerprint density at radius 2 is 1.51 bits per heavy atom. The second kappa shape index (κ2) is 9.76. The molecule has 2 aromatic heterocycles. The van der Waals surface area contributed by atoms with Gasteiger partial charge in [-0.05, 0) is 95.6 Å². The zero-order valence-corrected chi connectivity index (χ0v) is 23.8. The van der Waals surface area contributed by atoms with E-state index in [4.69, 9.17) is 4.98 Å². The van der Waals surface area contributed by atoms with E-state index in [0.717, 1.165) is 5.82 Å². The number of hydrogen-bond donors (Lipinski definition) is 1. The SMILES string of the molecule is CC(C)[Si](C(C)C)(C(C)C)n1cc(C2CCCCC2)c2ccc(Nc3ccc4c(c3)CCC4)nc21. The topological polar surface area (TPSA) is 29.9 Å². The van der Waals surface area contributed by atoms with Crippen LogP contribution in [0.25, 0.3) is 11.0 Å². The molecule has 4 heteroatoms. The van der Waals surface area contributed by atoms with Crippen molar-refractivity contribution < 1.29 is 0 Å². The summed E-state index contributed by atoms with van der Waals surface area (Å²) in [5.74, 6) is 1.66. The average molecular weight is 488 g/mol. The maximum atomic E-state index is 5.38. The molecule has 1 fully saturated rings. The molecule has 0 atom stereocenters. The summed E-state index contributed by atoms with van der Waals surface area (Å²) in [5, 5.41) is 5.07. The van der Waals surface area contributed by atoms with Gasteiger partial charge in [-0.25, -0.2) is 4.98 Å². The normalized spacial score (nSPS) is 17.2. The van der Waals surface area contributed by atoms with Crippen LogP contribution in [-0.2, 0) is 12.8 Å². The summed E-state index contributed by atoms with van der Waals surface area (Å²) >= 11 is 0. The van der Waals surface area contributed by atoms with E-state index in [1.807, 2.05) is 0 Å². The van der Waals surface area contributed by atoms with Crippen LogP contribution in [0.3, 0.4) is 0 Å². The smallest absolute Gasteiger partial charge is 0.171 e. The van der Waals surface area contributed by atoms with Crippen LogP contribution >= 0.6 is 0 Å². The van der Waals surface area contributed by atoms with Crippen LogP contribution in [0.5, 0.6) is 0 Å². The van der Waals surface area contributed by atoms with Crippen LogP contribution in [0.4, 0.5) is 11.5 Å². The first-order chi connectivity index (χ1) is 16.8. The number of anilines is 2. The molecule has 3 aromatic rings. The van der Waals surface area contributed by atoms with Crippen molar-refractivity contribution in [3.63, 3.8) is 0 Å². The fourth-order valence-electron chi connectivity index (χ4n) is 7.86. The lowest BCUT2D eigenvalue weighted by molar-refractivity contribution is 0.445. The summed E-state index contributed by atoms with van der Waals surface area (Å²) in [6, 6.07) is 11.5. The van der Waals surface area contributed by atoms with Gasteiger partial charge in [-0.15, -0.1) is 0 Å². The molecule has 1 N–H and O–H groups in total. The summed E-state index contributed by atoms with van der Waals surface area (Å²) in [5.41, 5.74) is 8.92. The Morgan fingerprint density at radius 1 is 0.829 bits per heavy atom. The van der Waals surface area contributed by atoms with Gasteiger partial charge in [0.1, 0.15) is 11.5 Å². The first-order valence-corrected chi connectivity index (χ1v) is 16.4. The number of aryl methyl sites for hydroxylation is 2. The third-order valence-electron chi connectivity index (χ3n) is 9.29. The number of benzene rings is 1. The number of nitrogens with zero attached hydrogens (tertiary/aromatic N) is 2. The first kappa shape index (κ1) is 24.6. The van der Waals surface area contributed by atoms with Crippen LogP contribution in [0.2, 0.25) is 16.6 Å². The summed E-state index contributed by atoms with van der Waals surface area (Å²) in [6.07, 6.45) is 13.1. The van der Waals surface area contributed by atoms with E-state index in [0.29, 0.717) is 22.5 Å². The van der Waals surface area contributed by atoms with Crippen molar-refractivity contribution in [1.29, 1.82) is 0 Å². The lowest BCUT2D eigenvalue weighted by Crippen LogP contribution is -2.51. The van der Waals surface area contributed by atoms with E-state index in [1.54, 1.807) is 5.56 Å². The van der Waals surface area contributed by atoms with Crippen molar-refractivity contribution >= 4 is 30.8 Å². The van der Waals surface area contributed by atoms with Crippen LogP contribution in [-0.4, -0.2) is 17.5 Å². The van der Waals surface area contributed by atoms with Gasteiger partial charge >= 0.3 is 0 Å². The lowest BCUT2D eigenvalue weighted by atomic mass is 9.84. The molecule has 0 amide bonds. The molecular weight excluding hydrogens is 442 g/mol. The molecule has 0 unspecified atom stereocenters. The van der Waals surface area contributed by atoms with E-state index < -0.39 is 8.24 Å². The van der Waals surface area contributed by atoms with Crippen molar-refractivity contribution in [3.05, 3.63) is 53.2 Å². The molecular formula is C31H45N3Si. The summed E-state index contributed by atoms with van der Waals surface area (Å²) in [6.45, 7) is 14.8. The highest BCUT2D eigenvalue weighted by molar-refractivity contribution is 6.82. The van der Waals surface area contributed by atoms with Gasteiger partial charge in [0.05, 0.1) is 0 Å². The number of pyridine rings is 1. The molecule has 0 bridgehead atoms. The van der Waals surface area contributed by atoms with Crippen LogP contribution in [0, 0.1) is 0 Å². The highest BCUT2D eigenvalue weighted by atomic mass is 28.3. The van der Waals surface area contributed by atoms with Crippen LogP contribution in [0.1, 0.15) is 103 Å². The van der Waals surface area contributed by atoms with Crippen LogP contribution in [0.15, 0.2) is 36.5 Å². The monoisotopic (exact) mass is 487 g/mol.